The minimum Gasteiger partial charge on any atom is -0.371 e. The molecule has 1 N–H and O–H groups in total. The van der Waals surface area contributed by atoms with Crippen molar-refractivity contribution in [2.24, 2.45) is 0 Å². The average Bonchev–Trinajstić information content (AvgIpc) is 3.12. The maximum absolute atomic E-state index is 13.4. The number of rotatable bonds is 5. The summed E-state index contributed by atoms with van der Waals surface area (Å²) in [6.45, 7) is 3.63. The van der Waals surface area contributed by atoms with Gasteiger partial charge in [0.15, 0.2) is 5.82 Å². The van der Waals surface area contributed by atoms with E-state index in [0.717, 1.165) is 30.4 Å². The Morgan fingerprint density at radius 1 is 1.09 bits per heavy atom. The smallest absolute Gasteiger partial charge is 0.371 e. The molecule has 0 atom stereocenters. The Balaban J connectivity index is 1.38. The lowest BCUT2D eigenvalue weighted by Crippen LogP contribution is -2.49. The number of piperazine rings is 1. The maximum atomic E-state index is 13.4. The fraction of sp³-hybridized carbons (Fsp3) is 0.500. The zero-order chi connectivity index (χ0) is 23.8. The molecule has 4 rings (SSSR count). The van der Waals surface area contributed by atoms with Crippen molar-refractivity contribution in [3.63, 3.8) is 0 Å². The van der Waals surface area contributed by atoms with Gasteiger partial charge in [-0.2, -0.15) is 17.9 Å². The van der Waals surface area contributed by atoms with Gasteiger partial charge < -0.3 is 9.80 Å². The third-order valence-electron chi connectivity index (χ3n) is 5.65. The van der Waals surface area contributed by atoms with Gasteiger partial charge in [0.2, 0.25) is 10.0 Å². The highest BCUT2D eigenvalue weighted by molar-refractivity contribution is 7.92. The fourth-order valence-corrected chi connectivity index (χ4v) is 4.35. The van der Waals surface area contributed by atoms with Gasteiger partial charge in [-0.3, -0.25) is 9.62 Å². The van der Waals surface area contributed by atoms with Crippen LogP contribution in [-0.4, -0.2) is 79.6 Å². The lowest BCUT2D eigenvalue weighted by atomic mass is 10.0. The predicted octanol–water partition coefficient (Wildman–Crippen LogP) is 2.27. The maximum Gasteiger partial charge on any atom is 0.416 e. The normalized spacial score (nSPS) is 17.7. The summed E-state index contributed by atoms with van der Waals surface area (Å²) >= 11 is 0. The summed E-state index contributed by atoms with van der Waals surface area (Å²) < 4.78 is 66.0. The number of benzene rings is 1. The minimum atomic E-state index is -4.41. The largest absolute Gasteiger partial charge is 0.416 e. The van der Waals surface area contributed by atoms with Gasteiger partial charge in [-0.25, -0.2) is 13.2 Å². The van der Waals surface area contributed by atoms with E-state index >= 15 is 0 Å². The van der Waals surface area contributed by atoms with Crippen LogP contribution in [0.5, 0.6) is 0 Å². The summed E-state index contributed by atoms with van der Waals surface area (Å²) in [6.07, 6.45) is -1.06. The Kier molecular flexibility index (Phi) is 6.27. The molecular formula is C20H25F3N6O3S. The first kappa shape index (κ1) is 23.4. The number of alkyl halides is 3. The fourth-order valence-electron chi connectivity index (χ4n) is 3.86. The van der Waals surface area contributed by atoms with Crippen LogP contribution in [0.15, 0.2) is 30.5 Å². The molecular weight excluding hydrogens is 461 g/mol. The number of nitrogens with zero attached hydrogens (tertiary/aromatic N) is 5. The van der Waals surface area contributed by atoms with E-state index in [1.165, 1.54) is 24.4 Å². The van der Waals surface area contributed by atoms with Crippen LogP contribution < -0.4 is 9.62 Å². The van der Waals surface area contributed by atoms with Crippen LogP contribution in [0.3, 0.4) is 0 Å². The van der Waals surface area contributed by atoms with E-state index in [4.69, 9.17) is 0 Å². The van der Waals surface area contributed by atoms with Crippen molar-refractivity contribution in [2.75, 3.05) is 55.1 Å². The quantitative estimate of drug-likeness (QED) is 0.698. The molecule has 0 unspecified atom stereocenters. The Morgan fingerprint density at radius 2 is 1.79 bits per heavy atom. The first-order valence-electron chi connectivity index (χ1n) is 10.5. The highest BCUT2D eigenvalue weighted by Gasteiger charge is 2.32. The van der Waals surface area contributed by atoms with Gasteiger partial charge in [-0.15, -0.1) is 5.10 Å². The monoisotopic (exact) mass is 486 g/mol. The summed E-state index contributed by atoms with van der Waals surface area (Å²) in [5.74, 6) is 0.0482. The zero-order valence-corrected chi connectivity index (χ0v) is 18.9. The number of halogens is 3. The lowest BCUT2D eigenvalue weighted by Gasteiger charge is -2.36. The highest BCUT2D eigenvalue weighted by atomic mass is 32.2. The van der Waals surface area contributed by atoms with E-state index in [9.17, 15) is 26.4 Å². The van der Waals surface area contributed by atoms with Crippen molar-refractivity contribution in [3.8, 4) is 0 Å². The molecule has 0 bridgehead atoms. The van der Waals surface area contributed by atoms with E-state index in [1.54, 1.807) is 4.90 Å². The molecule has 0 saturated carbocycles. The second-order valence-corrected chi connectivity index (χ2v) is 10.0. The number of sulfonamides is 1. The van der Waals surface area contributed by atoms with E-state index in [2.05, 4.69) is 9.82 Å². The number of hydrogen-bond donors (Lipinski definition) is 1. The molecule has 2 fully saturated rings. The number of hydrogen-bond acceptors (Lipinski definition) is 6. The van der Waals surface area contributed by atoms with E-state index in [1.807, 2.05) is 15.9 Å². The van der Waals surface area contributed by atoms with Gasteiger partial charge in [-0.1, -0.05) is 0 Å². The third-order valence-corrected chi connectivity index (χ3v) is 6.23. The van der Waals surface area contributed by atoms with Crippen molar-refractivity contribution >= 4 is 27.6 Å². The molecule has 9 nitrogen and oxygen atoms in total. The van der Waals surface area contributed by atoms with Crippen LogP contribution in [0, 0.1) is 0 Å². The molecule has 2 aliphatic heterocycles. The number of carbonyl (C=O) groups is 1. The van der Waals surface area contributed by atoms with Crippen LogP contribution in [0.4, 0.5) is 29.5 Å². The molecule has 1 aromatic heterocycles. The Hall–Kier alpha value is -2.80. The average molecular weight is 487 g/mol. The topological polar surface area (TPSA) is 90.8 Å². The number of nitrogens with one attached hydrogen (secondary N) is 1. The molecule has 33 heavy (non-hydrogen) atoms. The molecule has 3 heterocycles. The zero-order valence-electron chi connectivity index (χ0n) is 18.0. The Bertz CT molecular complexity index is 1120. The second kappa shape index (κ2) is 8.86. The SMILES string of the molecule is CS(=O)(=O)Nc1ccn(C(=O)N2CCN(Cc3cc(N4CCC4)cc(C(F)(F)F)c3)CC2)n1. The van der Waals surface area contributed by atoms with Crippen molar-refractivity contribution in [1.29, 1.82) is 0 Å². The van der Waals surface area contributed by atoms with Gasteiger partial charge in [0, 0.05) is 63.8 Å². The molecule has 2 saturated heterocycles. The van der Waals surface area contributed by atoms with Gasteiger partial charge in [0.05, 0.1) is 11.8 Å². The summed E-state index contributed by atoms with van der Waals surface area (Å²) in [5.41, 5.74) is 0.542. The molecule has 0 spiro atoms. The van der Waals surface area contributed by atoms with Crippen molar-refractivity contribution in [3.05, 3.63) is 41.6 Å². The van der Waals surface area contributed by atoms with Crippen molar-refractivity contribution < 1.29 is 26.4 Å². The van der Waals surface area contributed by atoms with Crippen LogP contribution in [0.1, 0.15) is 17.5 Å². The van der Waals surface area contributed by atoms with Gasteiger partial charge >= 0.3 is 12.2 Å². The summed E-state index contributed by atoms with van der Waals surface area (Å²) in [5, 5.41) is 3.94. The standard InChI is InChI=1S/C20H25F3N6O3S/c1-33(31,32)25-18-3-6-29(24-18)19(30)28-9-7-26(8-10-28)14-15-11-16(20(21,22)23)13-17(12-15)27-4-2-5-27/h3,6,11-13H,2,4-5,7-10,14H2,1H3,(H,24,25). The van der Waals surface area contributed by atoms with Crippen LogP contribution >= 0.6 is 0 Å². The number of amides is 1. The predicted molar refractivity (Wildman–Crippen MR) is 117 cm³/mol. The Morgan fingerprint density at radius 3 is 2.36 bits per heavy atom. The molecule has 2 aromatic rings. The molecule has 0 radical (unpaired) electrons. The van der Waals surface area contributed by atoms with Crippen LogP contribution in [0.25, 0.3) is 0 Å². The molecule has 2 aliphatic rings. The number of anilines is 2. The third kappa shape index (κ3) is 5.77. The molecule has 1 amide bonds. The molecule has 180 valence electrons. The molecule has 13 heteroatoms. The molecule has 0 aliphatic carbocycles. The van der Waals surface area contributed by atoms with Gasteiger partial charge in [0.25, 0.3) is 0 Å². The number of carbonyl (C=O) groups excluding carboxylic acids is 1. The molecule has 1 aromatic carbocycles. The van der Waals surface area contributed by atoms with Crippen molar-refractivity contribution in [1.82, 2.24) is 19.6 Å². The Labute approximate surface area is 189 Å². The van der Waals surface area contributed by atoms with Gasteiger partial charge in [-0.05, 0) is 30.2 Å². The summed E-state index contributed by atoms with van der Waals surface area (Å²) in [4.78, 5) is 18.2. The van der Waals surface area contributed by atoms with Crippen LogP contribution in [0.2, 0.25) is 0 Å². The first-order valence-corrected chi connectivity index (χ1v) is 12.4. The lowest BCUT2D eigenvalue weighted by molar-refractivity contribution is -0.137. The minimum absolute atomic E-state index is 0.0482. The highest BCUT2D eigenvalue weighted by Crippen LogP contribution is 2.34. The number of aromatic nitrogens is 2. The summed E-state index contributed by atoms with van der Waals surface area (Å²) in [6, 6.07) is 5.21. The summed E-state index contributed by atoms with van der Waals surface area (Å²) in [7, 11) is -3.50. The first-order chi connectivity index (χ1) is 15.5. The van der Waals surface area contributed by atoms with Crippen LogP contribution in [-0.2, 0) is 22.7 Å². The van der Waals surface area contributed by atoms with Crippen molar-refractivity contribution in [2.45, 2.75) is 19.1 Å². The van der Waals surface area contributed by atoms with Gasteiger partial charge in [0.1, 0.15) is 0 Å². The van der Waals surface area contributed by atoms with E-state index < -0.39 is 27.8 Å². The second-order valence-electron chi connectivity index (χ2n) is 8.29. The van der Waals surface area contributed by atoms with E-state index in [0.29, 0.717) is 44.0 Å². The van der Waals surface area contributed by atoms with E-state index in [-0.39, 0.29) is 5.82 Å².